The van der Waals surface area contributed by atoms with Crippen molar-refractivity contribution < 1.29 is 9.53 Å². The predicted octanol–water partition coefficient (Wildman–Crippen LogP) is 2.24. The molecule has 1 aliphatic heterocycles. The van der Waals surface area contributed by atoms with Crippen molar-refractivity contribution in [3.05, 3.63) is 0 Å². The lowest BCUT2D eigenvalue weighted by Gasteiger charge is -2.30. The molecule has 0 aromatic rings. The van der Waals surface area contributed by atoms with Gasteiger partial charge in [0.1, 0.15) is 0 Å². The average molecular weight is 290 g/mol. The van der Waals surface area contributed by atoms with Crippen molar-refractivity contribution in [2.24, 2.45) is 5.92 Å². The van der Waals surface area contributed by atoms with Crippen LogP contribution in [0.5, 0.6) is 0 Å². The lowest BCUT2D eigenvalue weighted by molar-refractivity contribution is -0.128. The lowest BCUT2D eigenvalue weighted by atomic mass is 9.93. The van der Waals surface area contributed by atoms with Gasteiger partial charge in [0, 0.05) is 30.0 Å². The highest BCUT2D eigenvalue weighted by molar-refractivity contribution is 9.09. The van der Waals surface area contributed by atoms with E-state index in [0.29, 0.717) is 10.9 Å². The molecule has 2 fully saturated rings. The molecule has 1 amide bonds. The van der Waals surface area contributed by atoms with Gasteiger partial charge in [-0.1, -0.05) is 28.8 Å². The Kier molecular flexibility index (Phi) is 4.65. The van der Waals surface area contributed by atoms with Crippen LogP contribution in [0.2, 0.25) is 0 Å². The van der Waals surface area contributed by atoms with Gasteiger partial charge in [-0.05, 0) is 25.7 Å². The Hall–Kier alpha value is -0.0900. The van der Waals surface area contributed by atoms with E-state index in [1.54, 1.807) is 0 Å². The van der Waals surface area contributed by atoms with Gasteiger partial charge in [-0.15, -0.1) is 0 Å². The van der Waals surface area contributed by atoms with E-state index < -0.39 is 0 Å². The maximum absolute atomic E-state index is 12.0. The molecule has 2 unspecified atom stereocenters. The Morgan fingerprint density at radius 2 is 1.81 bits per heavy atom. The second-order valence-corrected chi connectivity index (χ2v) is 5.98. The van der Waals surface area contributed by atoms with E-state index in [1.165, 1.54) is 19.3 Å². The van der Waals surface area contributed by atoms with Crippen LogP contribution in [0.25, 0.3) is 0 Å². The first kappa shape index (κ1) is 12.4. The minimum Gasteiger partial charge on any atom is -0.381 e. The van der Waals surface area contributed by atoms with E-state index >= 15 is 0 Å². The topological polar surface area (TPSA) is 38.3 Å². The van der Waals surface area contributed by atoms with Crippen LogP contribution in [0.3, 0.4) is 0 Å². The fraction of sp³-hybridized carbons (Fsp3) is 0.917. The number of rotatable bonds is 2. The van der Waals surface area contributed by atoms with E-state index in [1.807, 2.05) is 0 Å². The third-order valence-electron chi connectivity index (χ3n) is 3.60. The summed E-state index contributed by atoms with van der Waals surface area (Å²) < 4.78 is 5.27. The first-order valence-electron chi connectivity index (χ1n) is 6.29. The molecule has 4 heteroatoms. The highest BCUT2D eigenvalue weighted by Crippen LogP contribution is 2.25. The van der Waals surface area contributed by atoms with Gasteiger partial charge in [0.05, 0.1) is 0 Å². The largest absolute Gasteiger partial charge is 0.381 e. The maximum Gasteiger partial charge on any atom is 0.223 e. The smallest absolute Gasteiger partial charge is 0.223 e. The molecule has 0 aromatic heterocycles. The minimum absolute atomic E-state index is 0.176. The Balaban J connectivity index is 1.80. The zero-order valence-corrected chi connectivity index (χ0v) is 11.2. The molecule has 3 nitrogen and oxygen atoms in total. The number of halogens is 1. The Morgan fingerprint density at radius 1 is 1.12 bits per heavy atom. The van der Waals surface area contributed by atoms with Crippen molar-refractivity contribution in [1.82, 2.24) is 5.32 Å². The van der Waals surface area contributed by atoms with Crippen LogP contribution < -0.4 is 5.32 Å². The molecule has 2 rings (SSSR count). The summed E-state index contributed by atoms with van der Waals surface area (Å²) in [5.41, 5.74) is 0. The molecule has 16 heavy (non-hydrogen) atoms. The van der Waals surface area contributed by atoms with Crippen molar-refractivity contribution in [3.8, 4) is 0 Å². The van der Waals surface area contributed by atoms with Crippen molar-refractivity contribution in [2.45, 2.75) is 49.4 Å². The van der Waals surface area contributed by atoms with Crippen LogP contribution in [0.15, 0.2) is 0 Å². The number of hydrogen-bond donors (Lipinski definition) is 1. The zero-order chi connectivity index (χ0) is 11.4. The molecule has 0 bridgehead atoms. The average Bonchev–Trinajstić information content (AvgIpc) is 2.33. The highest BCUT2D eigenvalue weighted by atomic mass is 79.9. The fourth-order valence-electron chi connectivity index (χ4n) is 2.51. The van der Waals surface area contributed by atoms with E-state index in [-0.39, 0.29) is 11.8 Å². The number of ether oxygens (including phenoxy) is 1. The van der Waals surface area contributed by atoms with E-state index in [4.69, 9.17) is 4.74 Å². The predicted molar refractivity (Wildman–Crippen MR) is 66.7 cm³/mol. The van der Waals surface area contributed by atoms with E-state index in [0.717, 1.165) is 32.5 Å². The summed E-state index contributed by atoms with van der Waals surface area (Å²) in [5, 5.41) is 3.20. The van der Waals surface area contributed by atoms with Gasteiger partial charge >= 0.3 is 0 Å². The molecule has 1 aliphatic carbocycles. The number of nitrogens with one attached hydrogen (secondary N) is 1. The normalized spacial score (nSPS) is 32.3. The Bertz CT molecular complexity index is 241. The van der Waals surface area contributed by atoms with Gasteiger partial charge < -0.3 is 10.1 Å². The van der Waals surface area contributed by atoms with Gasteiger partial charge in [0.15, 0.2) is 0 Å². The monoisotopic (exact) mass is 289 g/mol. The van der Waals surface area contributed by atoms with Gasteiger partial charge in [0.25, 0.3) is 0 Å². The van der Waals surface area contributed by atoms with Gasteiger partial charge in [-0.3, -0.25) is 4.79 Å². The summed E-state index contributed by atoms with van der Waals surface area (Å²) in [4.78, 5) is 12.5. The van der Waals surface area contributed by atoms with Crippen molar-refractivity contribution in [2.75, 3.05) is 13.2 Å². The van der Waals surface area contributed by atoms with Crippen LogP contribution in [0, 0.1) is 5.92 Å². The first-order chi connectivity index (χ1) is 7.77. The van der Waals surface area contributed by atoms with Crippen LogP contribution in [-0.2, 0) is 9.53 Å². The quantitative estimate of drug-likeness (QED) is 0.792. The summed E-state index contributed by atoms with van der Waals surface area (Å²) >= 11 is 3.67. The van der Waals surface area contributed by atoms with Gasteiger partial charge in [0.2, 0.25) is 5.91 Å². The molecular formula is C12H20BrNO2. The highest BCUT2D eigenvalue weighted by Gasteiger charge is 2.28. The molecule has 1 saturated carbocycles. The summed E-state index contributed by atoms with van der Waals surface area (Å²) in [6.45, 7) is 1.47. The minimum atomic E-state index is 0.176. The summed E-state index contributed by atoms with van der Waals surface area (Å²) in [6, 6.07) is 0.337. The molecule has 1 saturated heterocycles. The second-order valence-electron chi connectivity index (χ2n) is 4.80. The standard InChI is InChI=1S/C12H20BrNO2/c13-10-3-1-2-4-11(10)14-12(15)9-5-7-16-8-6-9/h9-11H,1-8H2,(H,14,15). The fourth-order valence-corrected chi connectivity index (χ4v) is 3.23. The van der Waals surface area contributed by atoms with Crippen LogP contribution in [-0.4, -0.2) is 30.0 Å². The molecule has 1 heterocycles. The number of amides is 1. The van der Waals surface area contributed by atoms with Crippen LogP contribution in [0.1, 0.15) is 38.5 Å². The number of carbonyl (C=O) groups excluding carboxylic acids is 1. The Labute approximate surface area is 105 Å². The van der Waals surface area contributed by atoms with Crippen molar-refractivity contribution in [1.29, 1.82) is 0 Å². The zero-order valence-electron chi connectivity index (χ0n) is 9.58. The lowest BCUT2D eigenvalue weighted by Crippen LogP contribution is -2.46. The van der Waals surface area contributed by atoms with E-state index in [9.17, 15) is 4.79 Å². The number of carbonyl (C=O) groups is 1. The number of alkyl halides is 1. The molecule has 2 atom stereocenters. The van der Waals surface area contributed by atoms with Crippen molar-refractivity contribution in [3.63, 3.8) is 0 Å². The van der Waals surface area contributed by atoms with Gasteiger partial charge in [-0.25, -0.2) is 0 Å². The molecular weight excluding hydrogens is 270 g/mol. The molecule has 0 spiro atoms. The SMILES string of the molecule is O=C(NC1CCCCC1Br)C1CCOCC1. The Morgan fingerprint density at radius 3 is 2.50 bits per heavy atom. The molecule has 92 valence electrons. The van der Waals surface area contributed by atoms with Gasteiger partial charge in [-0.2, -0.15) is 0 Å². The molecule has 1 N–H and O–H groups in total. The first-order valence-corrected chi connectivity index (χ1v) is 7.21. The molecule has 0 radical (unpaired) electrons. The maximum atomic E-state index is 12.0. The second kappa shape index (κ2) is 6.01. The van der Waals surface area contributed by atoms with E-state index in [2.05, 4.69) is 21.2 Å². The number of hydrogen-bond acceptors (Lipinski definition) is 2. The third-order valence-corrected chi connectivity index (χ3v) is 4.70. The molecule has 2 aliphatic rings. The van der Waals surface area contributed by atoms with Crippen LogP contribution >= 0.6 is 15.9 Å². The summed E-state index contributed by atoms with van der Waals surface area (Å²) in [6.07, 6.45) is 6.57. The van der Waals surface area contributed by atoms with Crippen LogP contribution in [0.4, 0.5) is 0 Å². The third kappa shape index (κ3) is 3.20. The molecule has 0 aromatic carbocycles. The van der Waals surface area contributed by atoms with Crippen molar-refractivity contribution >= 4 is 21.8 Å². The summed E-state index contributed by atoms with van der Waals surface area (Å²) in [7, 11) is 0. The summed E-state index contributed by atoms with van der Waals surface area (Å²) in [5.74, 6) is 0.412.